The van der Waals surface area contributed by atoms with Crippen molar-refractivity contribution < 1.29 is 55.1 Å². The first-order chi connectivity index (χ1) is 16.7. The number of aliphatic hydroxyl groups is 4. The highest BCUT2D eigenvalue weighted by molar-refractivity contribution is 5.46. The van der Waals surface area contributed by atoms with E-state index in [-0.39, 0.29) is 23.7 Å². The Morgan fingerprint density at radius 2 is 1.54 bits per heavy atom. The van der Waals surface area contributed by atoms with Gasteiger partial charge < -0.3 is 55.1 Å². The summed E-state index contributed by atoms with van der Waals surface area (Å²) in [4.78, 5) is 0. The Balaban J connectivity index is 1.90. The number of phenols is 4. The van der Waals surface area contributed by atoms with Gasteiger partial charge >= 0.3 is 0 Å². The molecule has 2 aromatic rings. The van der Waals surface area contributed by atoms with Gasteiger partial charge in [0, 0.05) is 19.1 Å². The maximum absolute atomic E-state index is 10.4. The Morgan fingerprint density at radius 1 is 0.886 bits per heavy atom. The number of hydrogen-bond acceptors (Lipinski definition) is 11. The third-order valence-electron chi connectivity index (χ3n) is 5.59. The molecule has 35 heavy (non-hydrogen) atoms. The van der Waals surface area contributed by atoms with Crippen LogP contribution in [0.15, 0.2) is 36.4 Å². The second-order valence-electron chi connectivity index (χ2n) is 7.99. The summed E-state index contributed by atoms with van der Waals surface area (Å²) in [6, 6.07) is 8.03. The molecule has 0 spiro atoms. The van der Waals surface area contributed by atoms with E-state index >= 15 is 0 Å². The normalized spacial score (nSPS) is 25.9. The zero-order valence-corrected chi connectivity index (χ0v) is 18.7. The van der Waals surface area contributed by atoms with Crippen LogP contribution in [0.1, 0.15) is 23.7 Å². The van der Waals surface area contributed by atoms with Crippen molar-refractivity contribution in [3.05, 3.63) is 47.5 Å². The van der Waals surface area contributed by atoms with E-state index in [4.69, 9.17) is 14.2 Å². The van der Waals surface area contributed by atoms with E-state index in [2.05, 4.69) is 11.8 Å². The second-order valence-corrected chi connectivity index (χ2v) is 7.99. The zero-order chi connectivity index (χ0) is 25.7. The van der Waals surface area contributed by atoms with Crippen LogP contribution in [0.3, 0.4) is 0 Å². The maximum Gasteiger partial charge on any atom is 0.187 e. The van der Waals surface area contributed by atoms with Gasteiger partial charge in [-0.25, -0.2) is 0 Å². The first-order valence-corrected chi connectivity index (χ1v) is 10.7. The summed E-state index contributed by atoms with van der Waals surface area (Å²) in [6.07, 6.45) is -9.49. The van der Waals surface area contributed by atoms with Crippen molar-refractivity contribution >= 4 is 0 Å². The Hall–Kier alpha value is -3.08. The molecule has 3 rings (SSSR count). The molecule has 0 bridgehead atoms. The molecule has 1 heterocycles. The number of aromatic hydroxyl groups is 4. The van der Waals surface area contributed by atoms with E-state index < -0.39 is 55.3 Å². The Bertz CT molecular complexity index is 1060. The standard InChI is InChI=1S/C24H28O11/c1-33-23(13-6-8-15(27)17(29)10-13)18(4-2-3-12-5-7-14(26)16(28)9-12)34-24-22(32)21(31)20(30)19(11-25)35-24/h5-10,18-32H,4,11H2,1H3/t18-,19-,20+,21+,22-,23+,24-/m1/s1. The lowest BCUT2D eigenvalue weighted by molar-refractivity contribution is -0.317. The fourth-order valence-corrected chi connectivity index (χ4v) is 3.65. The highest BCUT2D eigenvalue weighted by Crippen LogP contribution is 2.34. The molecule has 2 aromatic carbocycles. The third kappa shape index (κ3) is 6.14. The predicted molar refractivity (Wildman–Crippen MR) is 119 cm³/mol. The minimum absolute atomic E-state index is 0.0448. The average molecular weight is 492 g/mol. The molecule has 11 heteroatoms. The highest BCUT2D eigenvalue weighted by Gasteiger charge is 2.45. The fraction of sp³-hybridized carbons (Fsp3) is 0.417. The van der Waals surface area contributed by atoms with Gasteiger partial charge in [0.25, 0.3) is 0 Å². The molecule has 0 unspecified atom stereocenters. The largest absolute Gasteiger partial charge is 0.504 e. The smallest absolute Gasteiger partial charge is 0.187 e. The number of ether oxygens (including phenoxy) is 3. The van der Waals surface area contributed by atoms with Crippen LogP contribution in [0.4, 0.5) is 0 Å². The average Bonchev–Trinajstić information content (AvgIpc) is 2.84. The maximum atomic E-state index is 10.4. The predicted octanol–water partition coefficient (Wildman–Crippen LogP) is -0.177. The summed E-state index contributed by atoms with van der Waals surface area (Å²) in [6.45, 7) is -0.640. The molecule has 7 atom stereocenters. The summed E-state index contributed by atoms with van der Waals surface area (Å²) in [5.41, 5.74) is 0.782. The van der Waals surface area contributed by atoms with Crippen molar-refractivity contribution in [1.29, 1.82) is 0 Å². The van der Waals surface area contributed by atoms with Gasteiger partial charge in [0.15, 0.2) is 29.3 Å². The van der Waals surface area contributed by atoms with Crippen LogP contribution in [0, 0.1) is 11.8 Å². The van der Waals surface area contributed by atoms with Crippen molar-refractivity contribution in [2.75, 3.05) is 13.7 Å². The first kappa shape index (κ1) is 26.5. The zero-order valence-electron chi connectivity index (χ0n) is 18.7. The molecule has 1 aliphatic heterocycles. The van der Waals surface area contributed by atoms with Gasteiger partial charge in [-0.05, 0) is 35.9 Å². The Kier molecular flexibility index (Phi) is 8.76. The van der Waals surface area contributed by atoms with Crippen molar-refractivity contribution in [2.24, 2.45) is 0 Å². The van der Waals surface area contributed by atoms with Gasteiger partial charge in [0.1, 0.15) is 36.6 Å². The molecular weight excluding hydrogens is 464 g/mol. The molecule has 0 saturated carbocycles. The topological polar surface area (TPSA) is 190 Å². The van der Waals surface area contributed by atoms with Crippen molar-refractivity contribution in [2.45, 2.75) is 49.3 Å². The van der Waals surface area contributed by atoms with E-state index in [1.54, 1.807) is 0 Å². The van der Waals surface area contributed by atoms with Gasteiger partial charge in [0.05, 0.1) is 6.61 Å². The van der Waals surface area contributed by atoms with Crippen molar-refractivity contribution in [3.63, 3.8) is 0 Å². The van der Waals surface area contributed by atoms with E-state index in [1.807, 2.05) is 0 Å². The van der Waals surface area contributed by atoms with Gasteiger partial charge in [0.2, 0.25) is 0 Å². The van der Waals surface area contributed by atoms with Gasteiger partial charge in [-0.2, -0.15) is 0 Å². The van der Waals surface area contributed by atoms with Crippen LogP contribution in [0.5, 0.6) is 23.0 Å². The molecular formula is C24H28O11. The quantitative estimate of drug-likeness (QED) is 0.189. The number of rotatable bonds is 7. The Morgan fingerprint density at radius 3 is 2.14 bits per heavy atom. The molecule has 0 aliphatic carbocycles. The monoisotopic (exact) mass is 492 g/mol. The van der Waals surface area contributed by atoms with Gasteiger partial charge in [-0.15, -0.1) is 0 Å². The van der Waals surface area contributed by atoms with Crippen LogP contribution >= 0.6 is 0 Å². The molecule has 1 aliphatic rings. The van der Waals surface area contributed by atoms with Crippen LogP contribution in [0.25, 0.3) is 0 Å². The van der Waals surface area contributed by atoms with E-state index in [0.717, 1.165) is 0 Å². The van der Waals surface area contributed by atoms with Crippen LogP contribution in [-0.4, -0.2) is 91.4 Å². The Labute approximate surface area is 201 Å². The summed E-state index contributed by atoms with van der Waals surface area (Å²) in [5, 5.41) is 78.6. The summed E-state index contributed by atoms with van der Waals surface area (Å²) < 4.78 is 16.9. The number of aliphatic hydroxyl groups excluding tert-OH is 4. The second kappa shape index (κ2) is 11.6. The molecule has 1 saturated heterocycles. The van der Waals surface area contributed by atoms with Crippen LogP contribution in [0.2, 0.25) is 0 Å². The molecule has 11 nitrogen and oxygen atoms in total. The first-order valence-electron chi connectivity index (χ1n) is 10.7. The summed E-state index contributed by atoms with van der Waals surface area (Å²) in [5.74, 6) is 4.26. The number of hydrogen-bond donors (Lipinski definition) is 8. The number of methoxy groups -OCH3 is 1. The minimum Gasteiger partial charge on any atom is -0.504 e. The fourth-order valence-electron chi connectivity index (χ4n) is 3.65. The lowest BCUT2D eigenvalue weighted by Crippen LogP contribution is -2.59. The molecule has 190 valence electrons. The lowest BCUT2D eigenvalue weighted by atomic mass is 9.98. The van der Waals surface area contributed by atoms with Crippen LogP contribution in [-0.2, 0) is 14.2 Å². The lowest BCUT2D eigenvalue weighted by Gasteiger charge is -2.41. The SMILES string of the molecule is CO[C@@H](c1ccc(O)c(O)c1)[C@@H](CC#Cc1ccc(O)c(O)c1)O[C@@H]1O[C@H](CO)[C@H](O)[C@H](O)[C@H]1O. The third-order valence-corrected chi connectivity index (χ3v) is 5.59. The van der Waals surface area contributed by atoms with E-state index in [9.17, 15) is 40.9 Å². The van der Waals surface area contributed by atoms with Gasteiger partial charge in [-0.3, -0.25) is 0 Å². The van der Waals surface area contributed by atoms with Crippen molar-refractivity contribution in [3.8, 4) is 34.8 Å². The van der Waals surface area contributed by atoms with Crippen molar-refractivity contribution in [1.82, 2.24) is 0 Å². The number of phenolic OH excluding ortho intramolecular Hbond substituents is 4. The minimum atomic E-state index is -1.66. The number of benzene rings is 2. The molecule has 0 amide bonds. The molecule has 1 fully saturated rings. The van der Waals surface area contributed by atoms with Crippen LogP contribution < -0.4 is 0 Å². The highest BCUT2D eigenvalue weighted by atomic mass is 16.7. The molecule has 0 radical (unpaired) electrons. The summed E-state index contributed by atoms with van der Waals surface area (Å²) >= 11 is 0. The molecule has 8 N–H and O–H groups in total. The van der Waals surface area contributed by atoms with Gasteiger partial charge in [-0.1, -0.05) is 17.9 Å². The summed E-state index contributed by atoms with van der Waals surface area (Å²) in [7, 11) is 1.36. The van der Waals surface area contributed by atoms with E-state index in [1.165, 1.54) is 43.5 Å². The molecule has 0 aromatic heterocycles. The van der Waals surface area contributed by atoms with E-state index in [0.29, 0.717) is 11.1 Å².